The molecule has 1 aliphatic carbocycles. The normalized spacial score (nSPS) is 25.4. The smallest absolute Gasteiger partial charge is 0.253 e. The van der Waals surface area contributed by atoms with Gasteiger partial charge in [0.05, 0.1) is 6.54 Å². The first-order valence-electron chi connectivity index (χ1n) is 8.69. The number of aromatic nitrogens is 2. The average molecular weight is 332 g/mol. The molecular weight excluding hydrogens is 308 g/mol. The van der Waals surface area contributed by atoms with E-state index in [0.29, 0.717) is 32.5 Å². The lowest BCUT2D eigenvalue weighted by Crippen LogP contribution is -2.54. The molecule has 0 N–H and O–H groups in total. The number of carbonyl (C=O) groups excluding carboxylic acids is 2. The Balaban J connectivity index is 1.55. The lowest BCUT2D eigenvalue weighted by Gasteiger charge is -2.45. The molecule has 2 amide bonds. The molecule has 1 unspecified atom stereocenters. The van der Waals surface area contributed by atoms with Crippen LogP contribution >= 0.6 is 0 Å². The van der Waals surface area contributed by atoms with Crippen LogP contribution in [0.1, 0.15) is 31.5 Å². The standard InChI is InChI=1S/C17H24N4O3/c1-19(2)15(23)13-11-21-10-7-18-16(21)17(24-13)5-8-20(9-6-17)14(22)12-3-4-12/h7,10,12-13H,3-6,8-9,11H2,1-2H3. The molecule has 1 saturated heterocycles. The summed E-state index contributed by atoms with van der Waals surface area (Å²) < 4.78 is 8.35. The summed E-state index contributed by atoms with van der Waals surface area (Å²) in [4.78, 5) is 32.8. The fourth-order valence-electron chi connectivity index (χ4n) is 3.83. The summed E-state index contributed by atoms with van der Waals surface area (Å²) in [6.45, 7) is 1.84. The SMILES string of the molecule is CN(C)C(=O)C1Cn2ccnc2C2(CCN(C(=O)C3CC3)CC2)O1. The first kappa shape index (κ1) is 15.6. The van der Waals surface area contributed by atoms with Crippen LogP contribution in [0.3, 0.4) is 0 Å². The van der Waals surface area contributed by atoms with Gasteiger partial charge in [0.25, 0.3) is 5.91 Å². The number of amides is 2. The quantitative estimate of drug-likeness (QED) is 0.795. The molecule has 0 aromatic carbocycles. The van der Waals surface area contributed by atoms with Gasteiger partial charge in [0, 0.05) is 58.3 Å². The number of carbonyl (C=O) groups is 2. The van der Waals surface area contributed by atoms with E-state index in [1.54, 1.807) is 25.2 Å². The predicted octanol–water partition coefficient (Wildman–Crippen LogP) is 0.598. The van der Waals surface area contributed by atoms with E-state index in [1.165, 1.54) is 0 Å². The number of imidazole rings is 1. The number of fused-ring (bicyclic) bond motifs is 2. The molecule has 7 heteroatoms. The fraction of sp³-hybridized carbons (Fsp3) is 0.706. The molecule has 3 aliphatic rings. The van der Waals surface area contributed by atoms with E-state index in [2.05, 4.69) is 4.98 Å². The van der Waals surface area contributed by atoms with Gasteiger partial charge in [-0.1, -0.05) is 0 Å². The van der Waals surface area contributed by atoms with Crippen molar-refractivity contribution < 1.29 is 14.3 Å². The maximum absolute atomic E-state index is 12.4. The molecule has 1 spiro atoms. The van der Waals surface area contributed by atoms with Crippen LogP contribution in [0.5, 0.6) is 0 Å². The van der Waals surface area contributed by atoms with Crippen molar-refractivity contribution in [3.63, 3.8) is 0 Å². The zero-order valence-electron chi connectivity index (χ0n) is 14.3. The van der Waals surface area contributed by atoms with Crippen LogP contribution in [-0.4, -0.2) is 64.5 Å². The van der Waals surface area contributed by atoms with Crippen molar-refractivity contribution in [3.8, 4) is 0 Å². The molecule has 2 fully saturated rings. The van der Waals surface area contributed by atoms with Gasteiger partial charge in [-0.3, -0.25) is 9.59 Å². The Kier molecular flexibility index (Phi) is 3.63. The van der Waals surface area contributed by atoms with E-state index in [1.807, 2.05) is 15.7 Å². The summed E-state index contributed by atoms with van der Waals surface area (Å²) in [6.07, 6.45) is 6.63. The summed E-state index contributed by atoms with van der Waals surface area (Å²) in [5.41, 5.74) is -0.557. The van der Waals surface area contributed by atoms with Gasteiger partial charge < -0.3 is 19.1 Å². The highest BCUT2D eigenvalue weighted by atomic mass is 16.5. The van der Waals surface area contributed by atoms with Gasteiger partial charge in [0.15, 0.2) is 6.10 Å². The molecule has 1 aromatic heterocycles. The van der Waals surface area contributed by atoms with Crippen molar-refractivity contribution in [2.75, 3.05) is 27.2 Å². The number of ether oxygens (including phenoxy) is 1. The lowest BCUT2D eigenvalue weighted by atomic mass is 9.88. The largest absolute Gasteiger partial charge is 0.352 e. The van der Waals surface area contributed by atoms with Gasteiger partial charge in [0.2, 0.25) is 5.91 Å². The molecule has 1 atom stereocenters. The Morgan fingerprint density at radius 2 is 2.00 bits per heavy atom. The maximum Gasteiger partial charge on any atom is 0.253 e. The third kappa shape index (κ3) is 2.51. The molecule has 24 heavy (non-hydrogen) atoms. The molecule has 3 heterocycles. The van der Waals surface area contributed by atoms with Crippen molar-refractivity contribution in [1.82, 2.24) is 19.4 Å². The van der Waals surface area contributed by atoms with Crippen LogP contribution in [0.4, 0.5) is 0 Å². The van der Waals surface area contributed by atoms with Crippen molar-refractivity contribution in [1.29, 1.82) is 0 Å². The Hall–Kier alpha value is -1.89. The van der Waals surface area contributed by atoms with Gasteiger partial charge in [-0.15, -0.1) is 0 Å². The van der Waals surface area contributed by atoms with Gasteiger partial charge in [0.1, 0.15) is 11.4 Å². The molecule has 2 aliphatic heterocycles. The number of piperidine rings is 1. The Morgan fingerprint density at radius 3 is 2.62 bits per heavy atom. The van der Waals surface area contributed by atoms with E-state index in [-0.39, 0.29) is 17.7 Å². The number of nitrogens with zero attached hydrogens (tertiary/aromatic N) is 4. The van der Waals surface area contributed by atoms with Gasteiger partial charge in [-0.05, 0) is 12.8 Å². The summed E-state index contributed by atoms with van der Waals surface area (Å²) in [7, 11) is 3.50. The van der Waals surface area contributed by atoms with Crippen LogP contribution < -0.4 is 0 Å². The molecule has 130 valence electrons. The van der Waals surface area contributed by atoms with Crippen LogP contribution in [-0.2, 0) is 26.5 Å². The first-order chi connectivity index (χ1) is 11.5. The predicted molar refractivity (Wildman–Crippen MR) is 86.0 cm³/mol. The molecule has 0 bridgehead atoms. The van der Waals surface area contributed by atoms with Crippen molar-refractivity contribution in [3.05, 3.63) is 18.2 Å². The van der Waals surface area contributed by atoms with E-state index in [4.69, 9.17) is 4.74 Å². The number of likely N-dealkylation sites (N-methyl/N-ethyl adjacent to an activating group) is 1. The van der Waals surface area contributed by atoms with E-state index >= 15 is 0 Å². The topological polar surface area (TPSA) is 67.7 Å². The maximum atomic E-state index is 12.4. The Morgan fingerprint density at radius 1 is 1.29 bits per heavy atom. The lowest BCUT2D eigenvalue weighted by molar-refractivity contribution is -0.181. The zero-order chi connectivity index (χ0) is 16.9. The summed E-state index contributed by atoms with van der Waals surface area (Å²) in [5.74, 6) is 1.40. The zero-order valence-corrected chi connectivity index (χ0v) is 14.3. The van der Waals surface area contributed by atoms with E-state index in [0.717, 1.165) is 18.7 Å². The van der Waals surface area contributed by atoms with Crippen LogP contribution in [0, 0.1) is 5.92 Å². The van der Waals surface area contributed by atoms with E-state index in [9.17, 15) is 9.59 Å². The second-order valence-corrected chi connectivity index (χ2v) is 7.34. The number of likely N-dealkylation sites (tertiary alicyclic amines) is 1. The van der Waals surface area contributed by atoms with Gasteiger partial charge >= 0.3 is 0 Å². The molecular formula is C17H24N4O3. The number of hydrogen-bond donors (Lipinski definition) is 0. The van der Waals surface area contributed by atoms with Crippen LogP contribution in [0.15, 0.2) is 12.4 Å². The van der Waals surface area contributed by atoms with Crippen molar-refractivity contribution >= 4 is 11.8 Å². The highest BCUT2D eigenvalue weighted by Gasteiger charge is 2.48. The Bertz CT molecular complexity index is 657. The molecule has 7 nitrogen and oxygen atoms in total. The monoisotopic (exact) mass is 332 g/mol. The van der Waals surface area contributed by atoms with Crippen molar-refractivity contribution in [2.45, 2.75) is 43.9 Å². The molecule has 4 rings (SSSR count). The van der Waals surface area contributed by atoms with Crippen LogP contribution in [0.2, 0.25) is 0 Å². The second kappa shape index (κ2) is 5.58. The number of rotatable bonds is 2. The third-order valence-electron chi connectivity index (χ3n) is 5.38. The molecule has 1 saturated carbocycles. The fourth-order valence-corrected chi connectivity index (χ4v) is 3.83. The minimum Gasteiger partial charge on any atom is -0.352 e. The summed E-state index contributed by atoms with van der Waals surface area (Å²) >= 11 is 0. The first-order valence-corrected chi connectivity index (χ1v) is 8.69. The van der Waals surface area contributed by atoms with Gasteiger partial charge in [-0.2, -0.15) is 0 Å². The summed E-state index contributed by atoms with van der Waals surface area (Å²) in [5, 5.41) is 0. The average Bonchev–Trinajstić information content (AvgIpc) is 3.31. The van der Waals surface area contributed by atoms with E-state index < -0.39 is 11.7 Å². The molecule has 0 radical (unpaired) electrons. The van der Waals surface area contributed by atoms with Crippen LogP contribution in [0.25, 0.3) is 0 Å². The number of hydrogen-bond acceptors (Lipinski definition) is 4. The highest BCUT2D eigenvalue weighted by Crippen LogP contribution is 2.41. The Labute approximate surface area is 141 Å². The second-order valence-electron chi connectivity index (χ2n) is 7.34. The molecule has 1 aromatic rings. The van der Waals surface area contributed by atoms with Gasteiger partial charge in [-0.25, -0.2) is 4.98 Å². The van der Waals surface area contributed by atoms with Crippen molar-refractivity contribution in [2.24, 2.45) is 5.92 Å². The summed E-state index contributed by atoms with van der Waals surface area (Å²) in [6, 6.07) is 0. The minimum atomic E-state index is -0.557. The third-order valence-corrected chi connectivity index (χ3v) is 5.38. The highest BCUT2D eigenvalue weighted by molar-refractivity contribution is 5.81. The minimum absolute atomic E-state index is 0.0230.